The molecule has 0 spiro atoms. The molecule has 1 atom stereocenters. The third-order valence-corrected chi connectivity index (χ3v) is 2.25. The van der Waals surface area contributed by atoms with Gasteiger partial charge in [0.05, 0.1) is 12.7 Å². The van der Waals surface area contributed by atoms with Crippen molar-refractivity contribution in [1.29, 1.82) is 0 Å². The van der Waals surface area contributed by atoms with E-state index in [1.165, 1.54) is 18.2 Å². The fraction of sp³-hybridized carbons (Fsp3) is 0.500. The van der Waals surface area contributed by atoms with Gasteiger partial charge in [0.2, 0.25) is 0 Å². The van der Waals surface area contributed by atoms with Crippen LogP contribution in [0.3, 0.4) is 0 Å². The summed E-state index contributed by atoms with van der Waals surface area (Å²) < 4.78 is 23.4. The van der Waals surface area contributed by atoms with Crippen molar-refractivity contribution < 1.29 is 19.0 Å². The monoisotopic (exact) mass is 228 g/mol. The first-order chi connectivity index (χ1) is 7.67. The Morgan fingerprint density at radius 3 is 2.81 bits per heavy atom. The van der Waals surface area contributed by atoms with E-state index in [-0.39, 0.29) is 18.5 Å². The van der Waals surface area contributed by atoms with Crippen molar-refractivity contribution in [1.82, 2.24) is 0 Å². The van der Waals surface area contributed by atoms with Gasteiger partial charge in [-0.2, -0.15) is 0 Å². The Hall–Kier alpha value is -1.13. The molecule has 0 aromatic heterocycles. The predicted octanol–water partition coefficient (Wildman–Crippen LogP) is 2.12. The number of hydrogen-bond donors (Lipinski definition) is 1. The normalized spacial score (nSPS) is 12.5. The minimum absolute atomic E-state index is 0.0317. The molecule has 3 nitrogen and oxygen atoms in total. The van der Waals surface area contributed by atoms with Gasteiger partial charge in [-0.15, -0.1) is 0 Å². The van der Waals surface area contributed by atoms with Crippen LogP contribution < -0.4 is 4.74 Å². The van der Waals surface area contributed by atoms with Crippen molar-refractivity contribution in [3.63, 3.8) is 0 Å². The fourth-order valence-electron chi connectivity index (χ4n) is 1.35. The molecule has 1 aromatic rings. The minimum Gasteiger partial charge on any atom is -0.490 e. The third kappa shape index (κ3) is 3.79. The van der Waals surface area contributed by atoms with Crippen LogP contribution in [-0.4, -0.2) is 24.9 Å². The predicted molar refractivity (Wildman–Crippen MR) is 58.9 cm³/mol. The van der Waals surface area contributed by atoms with Gasteiger partial charge >= 0.3 is 0 Å². The summed E-state index contributed by atoms with van der Waals surface area (Å²) >= 11 is 0. The topological polar surface area (TPSA) is 38.7 Å². The Morgan fingerprint density at radius 2 is 2.19 bits per heavy atom. The number of hydrogen-bond acceptors (Lipinski definition) is 3. The smallest absolute Gasteiger partial charge is 0.125 e. The van der Waals surface area contributed by atoms with Crippen LogP contribution in [0.5, 0.6) is 5.75 Å². The second-order valence-electron chi connectivity index (χ2n) is 3.62. The maximum atomic E-state index is 12.9. The summed E-state index contributed by atoms with van der Waals surface area (Å²) in [6.07, 6.45) is 0.717. The summed E-state index contributed by atoms with van der Waals surface area (Å²) in [5.74, 6) is 0.147. The first kappa shape index (κ1) is 12.9. The molecule has 0 saturated heterocycles. The quantitative estimate of drug-likeness (QED) is 0.810. The summed E-state index contributed by atoms with van der Waals surface area (Å²) in [7, 11) is 1.63. The van der Waals surface area contributed by atoms with Gasteiger partial charge in [-0.1, -0.05) is 0 Å². The molecule has 1 aromatic carbocycles. The molecule has 16 heavy (non-hydrogen) atoms. The molecule has 0 fully saturated rings. The van der Waals surface area contributed by atoms with E-state index in [4.69, 9.17) is 14.6 Å². The van der Waals surface area contributed by atoms with Crippen LogP contribution in [0.2, 0.25) is 0 Å². The number of ether oxygens (including phenoxy) is 2. The van der Waals surface area contributed by atoms with E-state index in [0.717, 1.165) is 6.42 Å². The maximum Gasteiger partial charge on any atom is 0.125 e. The van der Waals surface area contributed by atoms with E-state index in [9.17, 15) is 4.39 Å². The average Bonchev–Trinajstić information content (AvgIpc) is 2.28. The molecule has 0 saturated carbocycles. The molecular formula is C12H17FO3. The molecule has 0 aliphatic heterocycles. The number of aliphatic hydroxyl groups is 1. The van der Waals surface area contributed by atoms with Gasteiger partial charge in [0, 0.05) is 25.7 Å². The Kier molecular flexibility index (Phi) is 5.22. The standard InChI is InChI=1S/C12H17FO3/c1-9(5-6-15-2)16-12-4-3-11(13)7-10(12)8-14/h3-4,7,9,14H,5-6,8H2,1-2H3. The summed E-state index contributed by atoms with van der Waals surface area (Å²) in [6, 6.07) is 4.13. The zero-order chi connectivity index (χ0) is 12.0. The number of benzene rings is 1. The first-order valence-corrected chi connectivity index (χ1v) is 5.22. The molecule has 0 aliphatic carbocycles. The highest BCUT2D eigenvalue weighted by Gasteiger charge is 2.08. The lowest BCUT2D eigenvalue weighted by molar-refractivity contribution is 0.133. The molecule has 0 aliphatic rings. The fourth-order valence-corrected chi connectivity index (χ4v) is 1.35. The second-order valence-corrected chi connectivity index (χ2v) is 3.62. The summed E-state index contributed by atoms with van der Waals surface area (Å²) in [5.41, 5.74) is 0.462. The van der Waals surface area contributed by atoms with E-state index >= 15 is 0 Å². The summed E-state index contributed by atoms with van der Waals surface area (Å²) in [6.45, 7) is 2.28. The van der Waals surface area contributed by atoms with E-state index in [1.807, 2.05) is 6.92 Å². The highest BCUT2D eigenvalue weighted by molar-refractivity contribution is 5.33. The largest absolute Gasteiger partial charge is 0.490 e. The summed E-state index contributed by atoms with van der Waals surface area (Å²) in [4.78, 5) is 0. The lowest BCUT2D eigenvalue weighted by atomic mass is 10.2. The molecule has 1 rings (SSSR count). The SMILES string of the molecule is COCCC(C)Oc1ccc(F)cc1CO. The lowest BCUT2D eigenvalue weighted by Gasteiger charge is -2.16. The van der Waals surface area contributed by atoms with Gasteiger partial charge in [0.25, 0.3) is 0 Å². The van der Waals surface area contributed by atoms with Crippen LogP contribution in [0.4, 0.5) is 4.39 Å². The first-order valence-electron chi connectivity index (χ1n) is 5.22. The molecule has 0 radical (unpaired) electrons. The molecular weight excluding hydrogens is 211 g/mol. The van der Waals surface area contributed by atoms with Crippen molar-refractivity contribution in [3.05, 3.63) is 29.6 Å². The van der Waals surface area contributed by atoms with Crippen molar-refractivity contribution in [2.24, 2.45) is 0 Å². The van der Waals surface area contributed by atoms with Gasteiger partial charge in [0.1, 0.15) is 11.6 Å². The lowest BCUT2D eigenvalue weighted by Crippen LogP contribution is -2.15. The van der Waals surface area contributed by atoms with E-state index < -0.39 is 0 Å². The van der Waals surface area contributed by atoms with E-state index in [0.29, 0.717) is 17.9 Å². The maximum absolute atomic E-state index is 12.9. The molecule has 90 valence electrons. The third-order valence-electron chi connectivity index (χ3n) is 2.25. The molecule has 4 heteroatoms. The Balaban J connectivity index is 2.65. The van der Waals surface area contributed by atoms with Crippen LogP contribution in [-0.2, 0) is 11.3 Å². The van der Waals surface area contributed by atoms with Crippen LogP contribution in [0.15, 0.2) is 18.2 Å². The van der Waals surface area contributed by atoms with Crippen molar-refractivity contribution >= 4 is 0 Å². The number of methoxy groups -OCH3 is 1. The van der Waals surface area contributed by atoms with E-state index in [2.05, 4.69) is 0 Å². The Labute approximate surface area is 94.8 Å². The second kappa shape index (κ2) is 6.45. The minimum atomic E-state index is -0.374. The zero-order valence-electron chi connectivity index (χ0n) is 9.57. The molecule has 1 N–H and O–H groups in total. The summed E-state index contributed by atoms with van der Waals surface area (Å²) in [5, 5.41) is 9.06. The van der Waals surface area contributed by atoms with Crippen molar-refractivity contribution in [2.75, 3.05) is 13.7 Å². The van der Waals surface area contributed by atoms with Crippen LogP contribution in [0.25, 0.3) is 0 Å². The zero-order valence-corrected chi connectivity index (χ0v) is 9.57. The van der Waals surface area contributed by atoms with Crippen LogP contribution in [0.1, 0.15) is 18.9 Å². The van der Waals surface area contributed by atoms with Gasteiger partial charge in [0.15, 0.2) is 0 Å². The Morgan fingerprint density at radius 1 is 1.44 bits per heavy atom. The number of aliphatic hydroxyl groups excluding tert-OH is 1. The van der Waals surface area contributed by atoms with Crippen LogP contribution >= 0.6 is 0 Å². The average molecular weight is 228 g/mol. The molecule has 0 amide bonds. The molecule has 0 heterocycles. The highest BCUT2D eigenvalue weighted by Crippen LogP contribution is 2.21. The van der Waals surface area contributed by atoms with Gasteiger partial charge in [-0.3, -0.25) is 0 Å². The Bertz CT molecular complexity index is 328. The highest BCUT2D eigenvalue weighted by atomic mass is 19.1. The van der Waals surface area contributed by atoms with Gasteiger partial charge < -0.3 is 14.6 Å². The number of halogens is 1. The van der Waals surface area contributed by atoms with Crippen molar-refractivity contribution in [3.8, 4) is 5.75 Å². The van der Waals surface area contributed by atoms with E-state index in [1.54, 1.807) is 7.11 Å². The van der Waals surface area contributed by atoms with Gasteiger partial charge in [-0.25, -0.2) is 4.39 Å². The molecule has 0 bridgehead atoms. The van der Waals surface area contributed by atoms with Gasteiger partial charge in [-0.05, 0) is 25.1 Å². The number of rotatable bonds is 6. The molecule has 1 unspecified atom stereocenters. The van der Waals surface area contributed by atoms with Crippen molar-refractivity contribution in [2.45, 2.75) is 26.1 Å². The van der Waals surface area contributed by atoms with Crippen LogP contribution in [0, 0.1) is 5.82 Å².